The van der Waals surface area contributed by atoms with E-state index in [-0.39, 0.29) is 17.0 Å². The predicted octanol–water partition coefficient (Wildman–Crippen LogP) is 3.55. The normalized spacial score (nSPS) is 12.7. The van der Waals surface area contributed by atoms with E-state index in [1.54, 1.807) is 60.8 Å². The van der Waals surface area contributed by atoms with Crippen LogP contribution in [-0.4, -0.2) is 58.1 Å². The fourth-order valence-corrected chi connectivity index (χ4v) is 6.15. The van der Waals surface area contributed by atoms with E-state index in [4.69, 9.17) is 0 Å². The van der Waals surface area contributed by atoms with Crippen molar-refractivity contribution in [3.8, 4) is 11.1 Å². The van der Waals surface area contributed by atoms with E-state index < -0.39 is 40.0 Å². The van der Waals surface area contributed by atoms with Crippen molar-refractivity contribution >= 4 is 27.8 Å². The number of nitrogens with one attached hydrogen (secondary N) is 2. The zero-order chi connectivity index (χ0) is 32.6. The number of aliphatic hydroxyl groups is 1. The molecule has 2 atom stereocenters. The number of hydrogen-bond acceptors (Lipinski definition) is 7. The van der Waals surface area contributed by atoms with Crippen molar-refractivity contribution in [2.45, 2.75) is 63.1 Å². The Bertz CT molecular complexity index is 1750. The fourth-order valence-electron chi connectivity index (χ4n) is 4.93. The lowest BCUT2D eigenvalue weighted by atomic mass is 10.0. The quantitative estimate of drug-likeness (QED) is 0.164. The Kier molecular flexibility index (Phi) is 10.9. The first-order valence-electron chi connectivity index (χ1n) is 14.5. The largest absolute Gasteiger partial charge is 0.479 e. The molecule has 4 aromatic rings. The number of aryl methyl sites for hydroxylation is 1. The molecule has 0 aliphatic heterocycles. The molecule has 4 rings (SSSR count). The molecule has 1 heterocycles. The molecule has 4 N–H and O–H groups in total. The number of aliphatic hydroxyl groups excluding tert-OH is 1. The highest BCUT2D eigenvalue weighted by molar-refractivity contribution is 7.90. The highest BCUT2D eigenvalue weighted by Gasteiger charge is 2.29. The number of carboxylic acids is 1. The van der Waals surface area contributed by atoms with Crippen LogP contribution >= 0.6 is 0 Å². The van der Waals surface area contributed by atoms with Crippen molar-refractivity contribution < 1.29 is 33.0 Å². The first-order valence-corrected chi connectivity index (χ1v) is 16.0. The Morgan fingerprint density at radius 3 is 2.24 bits per heavy atom. The number of hydrogen-bond donors (Lipinski definition) is 4. The molecule has 0 spiro atoms. The van der Waals surface area contributed by atoms with Crippen LogP contribution in [0.15, 0.2) is 90.0 Å². The third-order valence-electron chi connectivity index (χ3n) is 7.17. The highest BCUT2D eigenvalue weighted by atomic mass is 32.2. The van der Waals surface area contributed by atoms with Crippen LogP contribution in [0.3, 0.4) is 0 Å². The van der Waals surface area contributed by atoms with E-state index >= 15 is 0 Å². The average molecular weight is 633 g/mol. The van der Waals surface area contributed by atoms with Crippen molar-refractivity contribution in [1.82, 2.24) is 19.6 Å². The number of carbonyl (C=O) groups is 3. The van der Waals surface area contributed by atoms with Gasteiger partial charge < -0.3 is 20.1 Å². The number of amides is 2. The number of aliphatic carboxylic acids is 1. The van der Waals surface area contributed by atoms with Gasteiger partial charge in [-0.1, -0.05) is 86.1 Å². The van der Waals surface area contributed by atoms with Gasteiger partial charge in [-0.15, -0.1) is 0 Å². The van der Waals surface area contributed by atoms with Gasteiger partial charge in [0.2, 0.25) is 5.91 Å². The molecule has 0 fully saturated rings. The zero-order valence-corrected chi connectivity index (χ0v) is 25.8. The van der Waals surface area contributed by atoms with Gasteiger partial charge in [0.1, 0.15) is 11.5 Å². The monoisotopic (exact) mass is 632 g/mol. The SMILES string of the molecule is CCCCc1nc(C(=O)N[C@H](Cc2ccccc2)[C@@H](O)C(=O)O)cn1Cc1ccc(-c2ccccc2S(=O)(=O)NC(C)=O)cc1. The second-order valence-corrected chi connectivity index (χ2v) is 12.3. The molecule has 0 radical (unpaired) electrons. The van der Waals surface area contributed by atoms with Crippen molar-refractivity contribution in [3.05, 3.63) is 108 Å². The minimum atomic E-state index is -4.05. The van der Waals surface area contributed by atoms with E-state index in [0.717, 1.165) is 30.9 Å². The minimum absolute atomic E-state index is 0.0151. The van der Waals surface area contributed by atoms with Crippen LogP contribution in [0.5, 0.6) is 0 Å². The van der Waals surface area contributed by atoms with Crippen molar-refractivity contribution in [2.75, 3.05) is 0 Å². The molecule has 3 aromatic carbocycles. The van der Waals surface area contributed by atoms with Gasteiger partial charge in [-0.2, -0.15) is 0 Å². The summed E-state index contributed by atoms with van der Waals surface area (Å²) in [5, 5.41) is 22.4. The number of nitrogens with zero attached hydrogens (tertiary/aromatic N) is 2. The molecule has 2 amide bonds. The number of carboxylic acid groups (broad SMARTS) is 1. The van der Waals surface area contributed by atoms with Gasteiger partial charge >= 0.3 is 5.97 Å². The number of carbonyl (C=O) groups excluding carboxylic acids is 2. The van der Waals surface area contributed by atoms with E-state index in [9.17, 15) is 33.0 Å². The molecule has 45 heavy (non-hydrogen) atoms. The van der Waals surface area contributed by atoms with Gasteiger partial charge in [-0.05, 0) is 35.6 Å². The van der Waals surface area contributed by atoms with Crippen molar-refractivity contribution in [1.29, 1.82) is 0 Å². The van der Waals surface area contributed by atoms with Crippen LogP contribution in [0.4, 0.5) is 0 Å². The Morgan fingerprint density at radius 2 is 1.60 bits per heavy atom. The maximum absolute atomic E-state index is 13.3. The summed E-state index contributed by atoms with van der Waals surface area (Å²) in [6.45, 7) is 3.55. The Labute approximate surface area is 262 Å². The van der Waals surface area contributed by atoms with Gasteiger partial charge in [-0.25, -0.2) is 22.9 Å². The first kappa shape index (κ1) is 33.1. The van der Waals surface area contributed by atoms with Gasteiger partial charge in [0.15, 0.2) is 6.10 Å². The molecule has 236 valence electrons. The summed E-state index contributed by atoms with van der Waals surface area (Å²) in [5.74, 6) is -2.04. The van der Waals surface area contributed by atoms with E-state index in [0.29, 0.717) is 29.9 Å². The van der Waals surface area contributed by atoms with Crippen molar-refractivity contribution in [2.24, 2.45) is 0 Å². The summed E-state index contributed by atoms with van der Waals surface area (Å²) in [6.07, 6.45) is 2.27. The van der Waals surface area contributed by atoms with Crippen LogP contribution in [0.25, 0.3) is 11.1 Å². The van der Waals surface area contributed by atoms with Crippen LogP contribution in [0.2, 0.25) is 0 Å². The van der Waals surface area contributed by atoms with Gasteiger partial charge in [-0.3, -0.25) is 9.59 Å². The molecule has 11 nitrogen and oxygen atoms in total. The van der Waals surface area contributed by atoms with Gasteiger partial charge in [0.05, 0.1) is 10.9 Å². The van der Waals surface area contributed by atoms with Gasteiger partial charge in [0.25, 0.3) is 15.9 Å². The number of rotatable bonds is 14. The average Bonchev–Trinajstić information content (AvgIpc) is 3.42. The van der Waals surface area contributed by atoms with Crippen LogP contribution in [-0.2, 0) is 39.0 Å². The second kappa shape index (κ2) is 14.8. The van der Waals surface area contributed by atoms with Crippen molar-refractivity contribution in [3.63, 3.8) is 0 Å². The number of unbranched alkanes of at least 4 members (excludes halogenated alkanes) is 1. The fraction of sp³-hybridized carbons (Fsp3) is 0.273. The molecular weight excluding hydrogens is 596 g/mol. The Morgan fingerprint density at radius 1 is 0.933 bits per heavy atom. The molecule has 1 aromatic heterocycles. The van der Waals surface area contributed by atoms with E-state index in [2.05, 4.69) is 10.3 Å². The third kappa shape index (κ3) is 8.64. The van der Waals surface area contributed by atoms with Crippen LogP contribution < -0.4 is 10.0 Å². The number of aromatic nitrogens is 2. The molecule has 0 saturated heterocycles. The maximum atomic E-state index is 13.3. The summed E-state index contributed by atoms with van der Waals surface area (Å²) >= 11 is 0. The Balaban J connectivity index is 1.57. The lowest BCUT2D eigenvalue weighted by molar-refractivity contribution is -0.148. The lowest BCUT2D eigenvalue weighted by Gasteiger charge is -2.21. The second-order valence-electron chi connectivity index (χ2n) is 10.7. The zero-order valence-electron chi connectivity index (χ0n) is 25.0. The first-order chi connectivity index (χ1) is 21.5. The molecule has 0 aliphatic rings. The smallest absolute Gasteiger partial charge is 0.334 e. The summed E-state index contributed by atoms with van der Waals surface area (Å²) in [7, 11) is -4.05. The number of imidazole rings is 1. The number of benzene rings is 3. The predicted molar refractivity (Wildman–Crippen MR) is 168 cm³/mol. The summed E-state index contributed by atoms with van der Waals surface area (Å²) in [4.78, 5) is 40.9. The maximum Gasteiger partial charge on any atom is 0.334 e. The summed E-state index contributed by atoms with van der Waals surface area (Å²) < 4.78 is 29.3. The molecule has 12 heteroatoms. The van der Waals surface area contributed by atoms with E-state index in [1.807, 2.05) is 34.4 Å². The standard InChI is InChI=1S/C33H36N4O7S/c1-3-4-14-30-34-28(32(40)35-27(31(39)33(41)42)19-23-10-6-5-7-11-23)21-37(30)20-24-15-17-25(18-16-24)26-12-8-9-13-29(26)45(43,44)36-22(2)38/h5-13,15-18,21,27,31,39H,3-4,14,19-20H2,1-2H3,(H,35,40)(H,36,38)(H,41,42)/t27-,31-/m1/s1. The summed E-state index contributed by atoms with van der Waals surface area (Å²) in [5.41, 5.74) is 2.81. The summed E-state index contributed by atoms with van der Waals surface area (Å²) in [6, 6.07) is 21.6. The highest BCUT2D eigenvalue weighted by Crippen LogP contribution is 2.28. The molecule has 0 aliphatic carbocycles. The molecule has 0 unspecified atom stereocenters. The Hall–Kier alpha value is -4.81. The number of sulfonamides is 1. The van der Waals surface area contributed by atoms with E-state index in [1.165, 1.54) is 6.07 Å². The van der Waals surface area contributed by atoms with Crippen LogP contribution in [0.1, 0.15) is 54.1 Å². The molecular formula is C33H36N4O7S. The molecule has 0 bridgehead atoms. The minimum Gasteiger partial charge on any atom is -0.479 e. The van der Waals surface area contributed by atoms with Crippen LogP contribution in [0, 0.1) is 0 Å². The molecule has 0 saturated carbocycles. The lowest BCUT2D eigenvalue weighted by Crippen LogP contribution is -2.48. The topological polar surface area (TPSA) is 168 Å². The third-order valence-corrected chi connectivity index (χ3v) is 8.66. The van der Waals surface area contributed by atoms with Gasteiger partial charge in [0, 0.05) is 31.6 Å².